The van der Waals surface area contributed by atoms with Crippen molar-refractivity contribution in [2.75, 3.05) is 25.0 Å². The first-order chi connectivity index (χ1) is 15.9. The lowest BCUT2D eigenvalue weighted by atomic mass is 10.0. The molecule has 0 atom stereocenters. The second-order valence-electron chi connectivity index (χ2n) is 8.13. The van der Waals surface area contributed by atoms with Crippen LogP contribution in [0.4, 0.5) is 10.5 Å². The van der Waals surface area contributed by atoms with E-state index in [2.05, 4.69) is 5.32 Å². The molecule has 33 heavy (non-hydrogen) atoms. The molecule has 2 aromatic carbocycles. The number of hydrogen-bond donors (Lipinski definition) is 1. The van der Waals surface area contributed by atoms with E-state index in [1.165, 1.54) is 0 Å². The molecule has 8 heteroatoms. The van der Waals surface area contributed by atoms with Crippen LogP contribution in [-0.2, 0) is 4.74 Å². The molecule has 2 heterocycles. The van der Waals surface area contributed by atoms with Gasteiger partial charge in [-0.2, -0.15) is 0 Å². The molecule has 0 bridgehead atoms. The van der Waals surface area contributed by atoms with Crippen LogP contribution in [0.3, 0.4) is 0 Å². The number of pyridine rings is 1. The number of aromatic nitrogens is 1. The Labute approximate surface area is 196 Å². The molecule has 7 nitrogen and oxygen atoms in total. The van der Waals surface area contributed by atoms with Crippen molar-refractivity contribution in [3.63, 3.8) is 0 Å². The number of halogens is 1. The van der Waals surface area contributed by atoms with Gasteiger partial charge in [-0.15, -0.1) is 0 Å². The highest BCUT2D eigenvalue weighted by molar-refractivity contribution is 6.30. The van der Waals surface area contributed by atoms with Crippen molar-refractivity contribution in [3.8, 4) is 0 Å². The van der Waals surface area contributed by atoms with Gasteiger partial charge in [-0.3, -0.25) is 9.59 Å². The molecule has 1 N–H and O–H groups in total. The largest absolute Gasteiger partial charge is 0.450 e. The lowest BCUT2D eigenvalue weighted by Gasteiger charge is -2.32. The summed E-state index contributed by atoms with van der Waals surface area (Å²) in [5.74, 6) is -0.257. The number of ether oxygens (including phenoxy) is 1. The van der Waals surface area contributed by atoms with E-state index in [1.54, 1.807) is 59.0 Å². The highest BCUT2D eigenvalue weighted by Crippen LogP contribution is 2.26. The predicted octanol–water partition coefficient (Wildman–Crippen LogP) is 5.01. The van der Waals surface area contributed by atoms with Crippen LogP contribution >= 0.6 is 11.6 Å². The number of piperidine rings is 1. The van der Waals surface area contributed by atoms with E-state index in [0.717, 1.165) is 5.56 Å². The number of carbonyl (C=O) groups is 2. The number of nitrogens with zero attached hydrogens (tertiary/aromatic N) is 2. The zero-order valence-electron chi connectivity index (χ0n) is 18.6. The van der Waals surface area contributed by atoms with Crippen molar-refractivity contribution >= 4 is 40.1 Å². The third kappa shape index (κ3) is 4.73. The summed E-state index contributed by atoms with van der Waals surface area (Å²) in [5.41, 5.74) is 1.77. The molecule has 3 aromatic rings. The van der Waals surface area contributed by atoms with E-state index in [9.17, 15) is 14.4 Å². The minimum Gasteiger partial charge on any atom is -0.450 e. The third-order valence-electron chi connectivity index (χ3n) is 6.04. The first kappa shape index (κ1) is 22.9. The fourth-order valence-corrected chi connectivity index (χ4v) is 4.53. The molecule has 0 radical (unpaired) electrons. The van der Waals surface area contributed by atoms with Gasteiger partial charge in [0.05, 0.1) is 6.61 Å². The Balaban J connectivity index is 1.57. The van der Waals surface area contributed by atoms with E-state index < -0.39 is 0 Å². The molecule has 1 fully saturated rings. The molecule has 0 spiro atoms. The number of carbonyl (C=O) groups excluding carboxylic acids is 2. The number of likely N-dealkylation sites (tertiary alicyclic amines) is 1. The van der Waals surface area contributed by atoms with Crippen LogP contribution in [0.25, 0.3) is 10.8 Å². The summed E-state index contributed by atoms with van der Waals surface area (Å²) in [5, 5.41) is 4.72. The Morgan fingerprint density at radius 3 is 2.58 bits per heavy atom. The molecular weight excluding hydrogens is 442 g/mol. The predicted molar refractivity (Wildman–Crippen MR) is 129 cm³/mol. The highest BCUT2D eigenvalue weighted by atomic mass is 35.5. The Morgan fingerprint density at radius 1 is 1.12 bits per heavy atom. The maximum absolute atomic E-state index is 13.3. The summed E-state index contributed by atoms with van der Waals surface area (Å²) in [6, 6.07) is 12.3. The highest BCUT2D eigenvalue weighted by Gasteiger charge is 2.25. The second kappa shape index (κ2) is 9.67. The van der Waals surface area contributed by atoms with Crippen LogP contribution in [0.5, 0.6) is 0 Å². The smallest absolute Gasteiger partial charge is 0.409 e. The van der Waals surface area contributed by atoms with Crippen LogP contribution in [0.15, 0.2) is 53.5 Å². The molecule has 1 saturated heterocycles. The normalized spacial score (nSPS) is 14.3. The minimum atomic E-state index is -0.307. The van der Waals surface area contributed by atoms with Gasteiger partial charge in [-0.1, -0.05) is 17.7 Å². The summed E-state index contributed by atoms with van der Waals surface area (Å²) >= 11 is 6.00. The van der Waals surface area contributed by atoms with E-state index >= 15 is 0 Å². The van der Waals surface area contributed by atoms with Crippen LogP contribution in [-0.4, -0.2) is 41.2 Å². The van der Waals surface area contributed by atoms with Crippen molar-refractivity contribution in [1.82, 2.24) is 9.47 Å². The number of benzene rings is 2. The summed E-state index contributed by atoms with van der Waals surface area (Å²) in [4.78, 5) is 39.7. The molecule has 4 rings (SSSR count). The molecular formula is C25H26ClN3O4. The molecule has 0 unspecified atom stereocenters. The first-order valence-electron chi connectivity index (χ1n) is 11.0. The van der Waals surface area contributed by atoms with E-state index in [0.29, 0.717) is 59.6 Å². The van der Waals surface area contributed by atoms with Crippen molar-refractivity contribution in [1.29, 1.82) is 0 Å². The van der Waals surface area contributed by atoms with Crippen molar-refractivity contribution in [2.45, 2.75) is 32.7 Å². The van der Waals surface area contributed by atoms with Crippen molar-refractivity contribution < 1.29 is 14.3 Å². The lowest BCUT2D eigenvalue weighted by molar-refractivity contribution is 0.0923. The average molecular weight is 468 g/mol. The summed E-state index contributed by atoms with van der Waals surface area (Å²) in [7, 11) is 0. The van der Waals surface area contributed by atoms with E-state index in [1.807, 2.05) is 13.0 Å². The minimum absolute atomic E-state index is 0.00235. The van der Waals surface area contributed by atoms with Gasteiger partial charge in [0.15, 0.2) is 0 Å². The van der Waals surface area contributed by atoms with Gasteiger partial charge in [0, 0.05) is 52.4 Å². The molecule has 1 aromatic heterocycles. The molecule has 2 amide bonds. The molecule has 1 aliphatic rings. The Hall–Kier alpha value is -3.32. The van der Waals surface area contributed by atoms with Crippen LogP contribution in [0, 0.1) is 6.92 Å². The zero-order valence-corrected chi connectivity index (χ0v) is 19.4. The number of amides is 2. The molecule has 0 aliphatic carbocycles. The van der Waals surface area contributed by atoms with Crippen molar-refractivity contribution in [3.05, 3.63) is 75.2 Å². The number of rotatable bonds is 4. The first-order valence-corrected chi connectivity index (χ1v) is 11.4. The molecule has 172 valence electrons. The Bertz CT molecular complexity index is 1260. The van der Waals surface area contributed by atoms with Gasteiger partial charge in [-0.25, -0.2) is 4.79 Å². The van der Waals surface area contributed by atoms with E-state index in [4.69, 9.17) is 16.3 Å². The lowest BCUT2D eigenvalue weighted by Crippen LogP contribution is -2.41. The quantitative estimate of drug-likeness (QED) is 0.585. The Morgan fingerprint density at radius 2 is 1.88 bits per heavy atom. The van der Waals surface area contributed by atoms with Gasteiger partial charge < -0.3 is 19.5 Å². The van der Waals surface area contributed by atoms with Gasteiger partial charge in [-0.05, 0) is 68.7 Å². The van der Waals surface area contributed by atoms with Gasteiger partial charge in [0.1, 0.15) is 0 Å². The number of fused-ring (bicyclic) bond motifs is 1. The van der Waals surface area contributed by atoms with Crippen LogP contribution in [0.1, 0.15) is 41.7 Å². The zero-order chi connectivity index (χ0) is 23.5. The maximum Gasteiger partial charge on any atom is 0.409 e. The number of anilines is 1. The second-order valence-corrected chi connectivity index (χ2v) is 8.56. The maximum atomic E-state index is 13.3. The SMILES string of the molecule is CCOC(=O)N1CCC(n2ccc3c(NC(=O)c4ccc(Cl)cc4C)cccc3c2=O)CC1. The monoisotopic (exact) mass is 467 g/mol. The summed E-state index contributed by atoms with van der Waals surface area (Å²) in [6.45, 7) is 5.05. The number of aryl methyl sites for hydroxylation is 1. The van der Waals surface area contributed by atoms with Crippen molar-refractivity contribution in [2.24, 2.45) is 0 Å². The average Bonchev–Trinajstić information content (AvgIpc) is 2.80. The third-order valence-corrected chi connectivity index (χ3v) is 6.27. The fraction of sp³-hybridized carbons (Fsp3) is 0.320. The standard InChI is InChI=1S/C25H26ClN3O4/c1-3-33-25(32)28-12-9-18(10-13-28)29-14-11-20-21(24(29)31)5-4-6-22(20)27-23(30)19-8-7-17(26)15-16(19)2/h4-8,11,14-15,18H,3,9-10,12-13H2,1-2H3,(H,27,30). The fourth-order valence-electron chi connectivity index (χ4n) is 4.30. The van der Waals surface area contributed by atoms with Crippen LogP contribution < -0.4 is 10.9 Å². The summed E-state index contributed by atoms with van der Waals surface area (Å²) in [6.07, 6.45) is 2.82. The molecule has 1 aliphatic heterocycles. The molecule has 0 saturated carbocycles. The summed E-state index contributed by atoms with van der Waals surface area (Å²) < 4.78 is 6.81. The van der Waals surface area contributed by atoms with Crippen LogP contribution in [0.2, 0.25) is 5.02 Å². The number of hydrogen-bond acceptors (Lipinski definition) is 4. The Kier molecular flexibility index (Phi) is 6.70. The topological polar surface area (TPSA) is 80.6 Å². The van der Waals surface area contributed by atoms with E-state index in [-0.39, 0.29) is 23.6 Å². The van der Waals surface area contributed by atoms with Gasteiger partial charge >= 0.3 is 6.09 Å². The van der Waals surface area contributed by atoms with Gasteiger partial charge in [0.2, 0.25) is 0 Å². The van der Waals surface area contributed by atoms with Gasteiger partial charge in [0.25, 0.3) is 11.5 Å². The number of nitrogens with one attached hydrogen (secondary N) is 1.